The SMILES string of the molecule is O=C(O)CCN=NNc1ccc([N+](=O)[O-])cc1. The lowest BCUT2D eigenvalue weighted by Gasteiger charge is -1.97. The van der Waals surface area contributed by atoms with Crippen LogP contribution in [0.5, 0.6) is 0 Å². The first-order valence-electron chi connectivity index (χ1n) is 4.68. The first kappa shape index (κ1) is 12.6. The molecule has 0 saturated carbocycles. The van der Waals surface area contributed by atoms with E-state index in [2.05, 4.69) is 15.8 Å². The van der Waals surface area contributed by atoms with Crippen LogP contribution >= 0.6 is 0 Å². The Morgan fingerprint density at radius 2 is 2.06 bits per heavy atom. The van der Waals surface area contributed by atoms with Gasteiger partial charge in [0.1, 0.15) is 0 Å². The maximum atomic E-state index is 10.4. The van der Waals surface area contributed by atoms with Crippen molar-refractivity contribution in [3.05, 3.63) is 34.4 Å². The summed E-state index contributed by atoms with van der Waals surface area (Å²) in [5, 5.41) is 25.8. The Balaban J connectivity index is 2.42. The molecule has 90 valence electrons. The van der Waals surface area contributed by atoms with Gasteiger partial charge in [-0.05, 0) is 12.1 Å². The van der Waals surface area contributed by atoms with Crippen molar-refractivity contribution < 1.29 is 14.8 Å². The van der Waals surface area contributed by atoms with Crippen LogP contribution < -0.4 is 5.43 Å². The number of carboxylic acid groups (broad SMARTS) is 1. The fourth-order valence-electron chi connectivity index (χ4n) is 0.946. The Bertz CT molecular complexity index is 429. The molecule has 0 spiro atoms. The van der Waals surface area contributed by atoms with Crippen LogP contribution in [0.25, 0.3) is 0 Å². The number of hydrogen-bond acceptors (Lipinski definition) is 5. The summed E-state index contributed by atoms with van der Waals surface area (Å²) in [4.78, 5) is 20.0. The summed E-state index contributed by atoms with van der Waals surface area (Å²) in [6.07, 6.45) is -0.0918. The highest BCUT2D eigenvalue weighted by molar-refractivity contribution is 5.66. The van der Waals surface area contributed by atoms with Crippen molar-refractivity contribution in [2.75, 3.05) is 12.0 Å². The molecule has 17 heavy (non-hydrogen) atoms. The first-order valence-corrected chi connectivity index (χ1v) is 4.68. The van der Waals surface area contributed by atoms with Gasteiger partial charge in [-0.3, -0.25) is 20.3 Å². The highest BCUT2D eigenvalue weighted by Crippen LogP contribution is 2.15. The normalized spacial score (nSPS) is 10.4. The zero-order valence-electron chi connectivity index (χ0n) is 8.74. The molecule has 0 aliphatic heterocycles. The molecule has 0 fully saturated rings. The van der Waals surface area contributed by atoms with Crippen molar-refractivity contribution in [1.82, 2.24) is 0 Å². The van der Waals surface area contributed by atoms with Gasteiger partial charge in [0.25, 0.3) is 5.69 Å². The van der Waals surface area contributed by atoms with Crippen molar-refractivity contribution in [3.8, 4) is 0 Å². The Hall–Kier alpha value is -2.51. The van der Waals surface area contributed by atoms with Crippen LogP contribution in [0, 0.1) is 10.1 Å². The number of nitro benzene ring substituents is 1. The predicted octanol–water partition coefficient (Wildman–Crippen LogP) is 1.85. The summed E-state index contributed by atoms with van der Waals surface area (Å²) in [7, 11) is 0. The fourth-order valence-corrected chi connectivity index (χ4v) is 0.946. The number of benzene rings is 1. The number of rotatable bonds is 6. The maximum absolute atomic E-state index is 10.4. The third-order valence-electron chi connectivity index (χ3n) is 1.75. The number of carboxylic acids is 1. The molecule has 0 bridgehead atoms. The Kier molecular flexibility index (Phi) is 4.55. The van der Waals surface area contributed by atoms with E-state index in [1.54, 1.807) is 0 Å². The van der Waals surface area contributed by atoms with Crippen molar-refractivity contribution in [2.45, 2.75) is 6.42 Å². The van der Waals surface area contributed by atoms with Gasteiger partial charge in [-0.2, -0.15) is 5.11 Å². The van der Waals surface area contributed by atoms with Crippen LogP contribution in [-0.4, -0.2) is 22.5 Å². The minimum absolute atomic E-state index is 0.0154. The second-order valence-corrected chi connectivity index (χ2v) is 3.02. The van der Waals surface area contributed by atoms with Gasteiger partial charge in [0.15, 0.2) is 0 Å². The second kappa shape index (κ2) is 6.16. The summed E-state index contributed by atoms with van der Waals surface area (Å²) in [5.41, 5.74) is 3.05. The zero-order chi connectivity index (χ0) is 12.7. The van der Waals surface area contributed by atoms with E-state index >= 15 is 0 Å². The van der Waals surface area contributed by atoms with Crippen LogP contribution in [0.2, 0.25) is 0 Å². The average molecular weight is 238 g/mol. The van der Waals surface area contributed by atoms with Gasteiger partial charge in [-0.15, -0.1) is 0 Å². The molecule has 1 aromatic carbocycles. The highest BCUT2D eigenvalue weighted by Gasteiger charge is 2.02. The molecule has 1 aromatic rings. The smallest absolute Gasteiger partial charge is 0.305 e. The molecule has 1 rings (SSSR count). The molecule has 0 heterocycles. The first-order chi connectivity index (χ1) is 8.09. The van der Waals surface area contributed by atoms with Crippen molar-refractivity contribution in [3.63, 3.8) is 0 Å². The number of hydrogen-bond donors (Lipinski definition) is 2. The number of nitrogens with zero attached hydrogens (tertiary/aromatic N) is 3. The van der Waals surface area contributed by atoms with Crippen molar-refractivity contribution >= 4 is 17.3 Å². The molecular weight excluding hydrogens is 228 g/mol. The molecule has 0 aromatic heterocycles. The number of carbonyl (C=O) groups is 1. The van der Waals surface area contributed by atoms with Gasteiger partial charge < -0.3 is 5.11 Å². The largest absolute Gasteiger partial charge is 0.481 e. The summed E-state index contributed by atoms with van der Waals surface area (Å²) < 4.78 is 0. The van der Waals surface area contributed by atoms with E-state index in [-0.39, 0.29) is 18.7 Å². The average Bonchev–Trinajstić information content (AvgIpc) is 2.29. The van der Waals surface area contributed by atoms with E-state index in [1.807, 2.05) is 0 Å². The predicted molar refractivity (Wildman–Crippen MR) is 58.7 cm³/mol. The summed E-state index contributed by atoms with van der Waals surface area (Å²) in [5.74, 6) is -0.945. The molecule has 0 atom stereocenters. The van der Waals surface area contributed by atoms with Crippen LogP contribution in [0.1, 0.15) is 6.42 Å². The summed E-state index contributed by atoms with van der Waals surface area (Å²) in [6.45, 7) is 0.0787. The van der Waals surface area contributed by atoms with Gasteiger partial charge in [-0.25, -0.2) is 0 Å². The number of non-ortho nitro benzene ring substituents is 1. The van der Waals surface area contributed by atoms with Crippen molar-refractivity contribution in [2.24, 2.45) is 10.3 Å². The second-order valence-electron chi connectivity index (χ2n) is 3.02. The topological polar surface area (TPSA) is 117 Å². The van der Waals surface area contributed by atoms with Gasteiger partial charge in [0.2, 0.25) is 0 Å². The van der Waals surface area contributed by atoms with Gasteiger partial charge >= 0.3 is 5.97 Å². The quantitative estimate of drug-likeness (QED) is 0.445. The van der Waals surface area contributed by atoms with E-state index < -0.39 is 10.9 Å². The number of aliphatic carboxylic acids is 1. The summed E-state index contributed by atoms with van der Waals surface area (Å²) in [6, 6.07) is 5.62. The van der Waals surface area contributed by atoms with E-state index in [0.717, 1.165) is 0 Å². The number of anilines is 1. The maximum Gasteiger partial charge on any atom is 0.305 e. The Morgan fingerprint density at radius 1 is 1.41 bits per heavy atom. The molecule has 2 N–H and O–H groups in total. The van der Waals surface area contributed by atoms with Crippen LogP contribution in [-0.2, 0) is 4.79 Å². The molecule has 0 amide bonds. The highest BCUT2D eigenvalue weighted by atomic mass is 16.6. The minimum atomic E-state index is -0.945. The van der Waals surface area contributed by atoms with E-state index in [4.69, 9.17) is 5.11 Å². The monoisotopic (exact) mass is 238 g/mol. The fraction of sp³-hybridized carbons (Fsp3) is 0.222. The van der Waals surface area contributed by atoms with Gasteiger partial charge in [0, 0.05) is 12.1 Å². The molecule has 0 unspecified atom stereocenters. The number of nitrogens with one attached hydrogen (secondary N) is 1. The molecule has 0 aliphatic carbocycles. The Labute approximate surface area is 96.1 Å². The third-order valence-corrected chi connectivity index (χ3v) is 1.75. The molecule has 0 aliphatic rings. The van der Waals surface area contributed by atoms with Gasteiger partial charge in [0.05, 0.1) is 23.6 Å². The van der Waals surface area contributed by atoms with Crippen molar-refractivity contribution in [1.29, 1.82) is 0 Å². The van der Waals surface area contributed by atoms with E-state index in [1.165, 1.54) is 24.3 Å². The lowest BCUT2D eigenvalue weighted by molar-refractivity contribution is -0.384. The number of nitro groups is 1. The van der Waals surface area contributed by atoms with Crippen LogP contribution in [0.4, 0.5) is 11.4 Å². The molecule has 8 nitrogen and oxygen atoms in total. The molecular formula is C9H10N4O4. The molecule has 0 saturated heterocycles. The van der Waals surface area contributed by atoms with Crippen LogP contribution in [0.3, 0.4) is 0 Å². The zero-order valence-corrected chi connectivity index (χ0v) is 8.74. The lowest BCUT2D eigenvalue weighted by atomic mass is 10.3. The Morgan fingerprint density at radius 3 is 2.59 bits per heavy atom. The van der Waals surface area contributed by atoms with Gasteiger partial charge in [-0.1, -0.05) is 5.22 Å². The lowest BCUT2D eigenvalue weighted by Crippen LogP contribution is -1.96. The third kappa shape index (κ3) is 4.69. The minimum Gasteiger partial charge on any atom is -0.481 e. The van der Waals surface area contributed by atoms with E-state index in [9.17, 15) is 14.9 Å². The van der Waals surface area contributed by atoms with Crippen LogP contribution in [0.15, 0.2) is 34.6 Å². The molecule has 8 heteroatoms. The molecule has 0 radical (unpaired) electrons. The summed E-state index contributed by atoms with van der Waals surface area (Å²) >= 11 is 0. The van der Waals surface area contributed by atoms with E-state index in [0.29, 0.717) is 5.69 Å². The standard InChI is InChI=1S/C9H10N4O4/c14-9(15)5-6-10-12-11-7-1-3-8(4-2-7)13(16)17/h1-4H,5-6H2,(H,10,11)(H,14,15).